The number of primary amides is 1. The fourth-order valence-corrected chi connectivity index (χ4v) is 8.58. The summed E-state index contributed by atoms with van der Waals surface area (Å²) in [7, 11) is -4.44. The van der Waals surface area contributed by atoms with Crippen molar-refractivity contribution in [2.45, 2.75) is 146 Å². The minimum absolute atomic E-state index is 0.0142. The van der Waals surface area contributed by atoms with Gasteiger partial charge in [0, 0.05) is 26.2 Å². The Balaban J connectivity index is 1.84. The Bertz CT molecular complexity index is 2360. The number of amides is 9. The smallest absolute Gasteiger partial charge is 0.329 e. The minimum Gasteiger partial charge on any atom is -0.481 e. The van der Waals surface area contributed by atoms with Crippen molar-refractivity contribution in [1.82, 2.24) is 42.5 Å². The van der Waals surface area contributed by atoms with Crippen LogP contribution in [0.4, 0.5) is 0 Å². The summed E-state index contributed by atoms with van der Waals surface area (Å²) in [6.07, 6.45) is 0.791. The number of carbonyl (C=O) groups excluding carboxylic acids is 9. The van der Waals surface area contributed by atoms with Gasteiger partial charge in [0.2, 0.25) is 53.2 Å². The molecule has 1 fully saturated rings. The summed E-state index contributed by atoms with van der Waals surface area (Å²) in [5.41, 5.74) is 3.68. The monoisotopic (exact) mass is 1060 g/mol. The molecule has 6 atom stereocenters. The maximum absolute atomic E-state index is 14.1. The zero-order valence-electron chi connectivity index (χ0n) is 42.1. The number of hydrogen-bond donors (Lipinski definition) is 12. The maximum Gasteiger partial charge on any atom is 0.329 e. The highest BCUT2D eigenvalue weighted by Crippen LogP contribution is 2.39. The van der Waals surface area contributed by atoms with Gasteiger partial charge in [-0.05, 0) is 87.5 Å². The van der Waals surface area contributed by atoms with Crippen LogP contribution in [-0.2, 0) is 71.5 Å². The Labute approximate surface area is 428 Å². The van der Waals surface area contributed by atoms with Crippen LogP contribution in [0.15, 0.2) is 54.6 Å². The van der Waals surface area contributed by atoms with E-state index in [1.807, 2.05) is 13.8 Å². The molecular formula is C48H70N9O14PS. The largest absolute Gasteiger partial charge is 0.481 e. The van der Waals surface area contributed by atoms with Gasteiger partial charge in [-0.1, -0.05) is 68.4 Å². The van der Waals surface area contributed by atoms with Crippen molar-refractivity contribution in [1.29, 1.82) is 0 Å². The quantitative estimate of drug-likeness (QED) is 0.0451. The topological polar surface area (TPSA) is 371 Å². The van der Waals surface area contributed by atoms with Crippen LogP contribution in [0.5, 0.6) is 0 Å². The van der Waals surface area contributed by atoms with Gasteiger partial charge < -0.3 is 63.2 Å². The minimum atomic E-state index is -4.44. The Kier molecular flexibility index (Phi) is 23.1. The first-order valence-electron chi connectivity index (χ1n) is 23.6. The van der Waals surface area contributed by atoms with Crippen LogP contribution in [0, 0.1) is 5.92 Å². The van der Waals surface area contributed by atoms with E-state index in [0.717, 1.165) is 5.56 Å². The maximum atomic E-state index is 14.1. The van der Waals surface area contributed by atoms with Gasteiger partial charge in [-0.3, -0.25) is 52.5 Å². The first-order valence-corrected chi connectivity index (χ1v) is 26.8. The molecule has 2 aromatic rings. The summed E-state index contributed by atoms with van der Waals surface area (Å²) < 4.78 is 11.6. The number of rotatable bonds is 30. The molecule has 3 rings (SSSR count). The predicted octanol–water partition coefficient (Wildman–Crippen LogP) is -0.209. The number of thioether (sulfide) groups is 1. The number of nitrogens with two attached hydrogens (primary N) is 1. The van der Waals surface area contributed by atoms with E-state index in [4.69, 9.17) is 5.73 Å². The summed E-state index contributed by atoms with van der Waals surface area (Å²) in [6.45, 7) is 8.86. The molecule has 0 bridgehead atoms. The lowest BCUT2D eigenvalue weighted by molar-refractivity contribution is -0.139. The molecule has 23 nitrogen and oxygen atoms in total. The second-order valence-corrected chi connectivity index (χ2v) is 21.8. The third kappa shape index (κ3) is 21.0. The van der Waals surface area contributed by atoms with Crippen molar-refractivity contribution >= 4 is 78.5 Å². The molecule has 402 valence electrons. The van der Waals surface area contributed by atoms with E-state index < -0.39 is 133 Å². The highest BCUT2D eigenvalue weighted by atomic mass is 32.2. The molecule has 25 heteroatoms. The molecule has 1 saturated carbocycles. The number of hydrogen-bond acceptors (Lipinski definition) is 12. The third-order valence-corrected chi connectivity index (χ3v) is 13.1. The van der Waals surface area contributed by atoms with Crippen LogP contribution in [0.1, 0.15) is 96.8 Å². The van der Waals surface area contributed by atoms with E-state index in [1.165, 1.54) is 63.7 Å². The van der Waals surface area contributed by atoms with Crippen LogP contribution in [0.3, 0.4) is 0 Å². The average Bonchev–Trinajstić information content (AvgIpc) is 4.08. The van der Waals surface area contributed by atoms with Crippen LogP contribution in [0.25, 0.3) is 0 Å². The van der Waals surface area contributed by atoms with E-state index in [0.29, 0.717) is 11.3 Å². The average molecular weight is 1060 g/mol. The van der Waals surface area contributed by atoms with Crippen molar-refractivity contribution in [3.8, 4) is 0 Å². The molecule has 0 unspecified atom stereocenters. The van der Waals surface area contributed by atoms with Crippen LogP contribution >= 0.6 is 19.4 Å². The second kappa shape index (κ2) is 27.6. The molecule has 13 N–H and O–H groups in total. The standard InChI is InChI=1S/C48H70N9O14PS/c1-27(2)23-35(39(49)61)54-46(68)48(20-21-48)57-44(66)33(17-18-38(59)60)52-40(62)28(3)50-41(63)37(25-31-13-15-32(16-14-31)26-72(69,70)71)55-45(67)47(5,6)56-43(65)34(19-22-73-7)53-42(64)36(51-29(4)58)24-30-11-9-8-10-12-30/h8-16,27-28,33-37H,17-26H2,1-7H3,(H2,49,61)(H,50,63)(H,51,58)(H,52,62)(H,53,64)(H,54,68)(H,55,67)(H,56,65)(H,57,66)(H,59,60)(H2,69,70,71)/t28-,33-,34-,35-,36-,37-/m0/s1. The Morgan fingerprint density at radius 1 is 0.685 bits per heavy atom. The molecule has 0 heterocycles. The number of nitrogens with one attached hydrogen (secondary N) is 8. The van der Waals surface area contributed by atoms with E-state index in [2.05, 4.69) is 42.5 Å². The molecule has 73 heavy (non-hydrogen) atoms. The van der Waals surface area contributed by atoms with E-state index in [-0.39, 0.29) is 50.0 Å². The van der Waals surface area contributed by atoms with Crippen molar-refractivity contribution in [2.75, 3.05) is 12.0 Å². The van der Waals surface area contributed by atoms with Crippen molar-refractivity contribution in [3.05, 3.63) is 71.3 Å². The van der Waals surface area contributed by atoms with Crippen molar-refractivity contribution in [2.24, 2.45) is 11.7 Å². The molecule has 0 aliphatic heterocycles. The lowest BCUT2D eigenvalue weighted by Crippen LogP contribution is -2.63. The molecule has 1 aliphatic carbocycles. The normalized spacial score (nSPS) is 15.4. The van der Waals surface area contributed by atoms with Gasteiger partial charge in [0.15, 0.2) is 0 Å². The Hall–Kier alpha value is -6.36. The molecule has 0 saturated heterocycles. The molecule has 0 radical (unpaired) electrons. The highest BCUT2D eigenvalue weighted by molar-refractivity contribution is 7.98. The number of carbonyl (C=O) groups is 10. The van der Waals surface area contributed by atoms with E-state index in [1.54, 1.807) is 36.6 Å². The van der Waals surface area contributed by atoms with Crippen molar-refractivity contribution in [3.63, 3.8) is 0 Å². The van der Waals surface area contributed by atoms with Gasteiger partial charge >= 0.3 is 13.6 Å². The summed E-state index contributed by atoms with van der Waals surface area (Å²) in [5.74, 6) is -7.93. The fourth-order valence-electron chi connectivity index (χ4n) is 7.42. The molecule has 1 aliphatic rings. The molecule has 2 aromatic carbocycles. The van der Waals surface area contributed by atoms with E-state index in [9.17, 15) is 67.4 Å². The van der Waals surface area contributed by atoms with Gasteiger partial charge in [0.05, 0.1) is 6.16 Å². The van der Waals surface area contributed by atoms with Crippen LogP contribution in [0.2, 0.25) is 0 Å². The van der Waals surface area contributed by atoms with Gasteiger partial charge in [0.25, 0.3) is 0 Å². The molecule has 0 spiro atoms. The van der Waals surface area contributed by atoms with Gasteiger partial charge in [-0.2, -0.15) is 11.8 Å². The second-order valence-electron chi connectivity index (χ2n) is 19.1. The van der Waals surface area contributed by atoms with Crippen LogP contribution < -0.4 is 48.3 Å². The summed E-state index contributed by atoms with van der Waals surface area (Å²) >= 11 is 1.40. The summed E-state index contributed by atoms with van der Waals surface area (Å²) in [6, 6.07) is 6.99. The molecule has 0 aromatic heterocycles. The first-order chi connectivity index (χ1) is 34.0. The van der Waals surface area contributed by atoms with Gasteiger partial charge in [-0.15, -0.1) is 0 Å². The predicted molar refractivity (Wildman–Crippen MR) is 270 cm³/mol. The zero-order chi connectivity index (χ0) is 54.8. The zero-order valence-corrected chi connectivity index (χ0v) is 43.8. The summed E-state index contributed by atoms with van der Waals surface area (Å²) in [5, 5.41) is 30.1. The lowest BCUT2D eigenvalue weighted by atomic mass is 9.99. The van der Waals surface area contributed by atoms with E-state index >= 15 is 0 Å². The third-order valence-electron chi connectivity index (χ3n) is 11.6. The molecule has 9 amide bonds. The number of carboxylic acids is 1. The SMILES string of the molecule is CSCC[C@H](NC(=O)[C@H](Cc1ccccc1)NC(C)=O)C(=O)NC(C)(C)C(=O)N[C@@H](Cc1ccc(CP(=O)(O)O)cc1)C(=O)N[C@@H](C)C(=O)N[C@@H](CCC(=O)O)C(=O)NC1(C(=O)N[C@@H](CC(C)C)C(N)=O)CC1. The number of carboxylic acid groups (broad SMARTS) is 1. The highest BCUT2D eigenvalue weighted by Gasteiger charge is 2.52. The van der Waals surface area contributed by atoms with Gasteiger partial charge in [0.1, 0.15) is 47.3 Å². The first kappa shape index (κ1) is 60.9. The fraction of sp³-hybridized carbons (Fsp3) is 0.542. The van der Waals surface area contributed by atoms with Crippen molar-refractivity contribution < 1.29 is 67.4 Å². The Morgan fingerprint density at radius 2 is 1.22 bits per heavy atom. The lowest BCUT2D eigenvalue weighted by Gasteiger charge is -2.31. The number of benzene rings is 2. The molecular weight excluding hydrogens is 990 g/mol. The van der Waals surface area contributed by atoms with Crippen LogP contribution in [-0.4, -0.2) is 133 Å². The van der Waals surface area contributed by atoms with Gasteiger partial charge in [-0.25, -0.2) is 0 Å². The number of aliphatic carboxylic acids is 1. The summed E-state index contributed by atoms with van der Waals surface area (Å²) in [4.78, 5) is 151. The Morgan fingerprint density at radius 3 is 1.74 bits per heavy atom.